The molecule has 8 aromatic rings. The van der Waals surface area contributed by atoms with Crippen molar-refractivity contribution >= 4 is 11.4 Å². The molecule has 0 aromatic heterocycles. The number of rotatable bonds is 10. The molecule has 0 saturated heterocycles. The molecule has 0 atom stereocenters. The van der Waals surface area contributed by atoms with Crippen molar-refractivity contribution in [2.45, 2.75) is 11.1 Å². The van der Waals surface area contributed by atoms with Gasteiger partial charge in [0.2, 0.25) is 0 Å². The summed E-state index contributed by atoms with van der Waals surface area (Å²) in [5.41, 5.74) is 6.77. The van der Waals surface area contributed by atoms with Crippen LogP contribution >= 0.6 is 0 Å². The summed E-state index contributed by atoms with van der Waals surface area (Å²) in [5, 5.41) is 19.2. The van der Waals surface area contributed by atoms with Gasteiger partial charge in [-0.3, -0.25) is 0 Å². The molecule has 0 saturated carbocycles. The first-order chi connectivity index (χ1) is 26.8. The van der Waals surface area contributed by atoms with Crippen molar-refractivity contribution < 1.29 is 0 Å². The van der Waals surface area contributed by atoms with Gasteiger partial charge in [0.15, 0.2) is 11.1 Å². The molecule has 8 rings (SSSR count). The fourth-order valence-corrected chi connectivity index (χ4v) is 6.68. The fraction of sp³-hybridized carbons (Fsp3) is 0.0400. The highest BCUT2D eigenvalue weighted by Gasteiger charge is 2.38. The van der Waals surface area contributed by atoms with Gasteiger partial charge in [-0.1, -0.05) is 218 Å². The standard InChI is InChI=1S/2C25H20N2/c2*1-5-13-21(14-6-1)25(22-15-7-2-8-16-22,23-17-9-3-10-18-23)27-26-24-19-11-4-12-20-24/h2*1-20H. The first-order valence-electron chi connectivity index (χ1n) is 18.1. The minimum Gasteiger partial charge on any atom is -0.167 e. The highest BCUT2D eigenvalue weighted by molar-refractivity contribution is 5.51. The topological polar surface area (TPSA) is 49.4 Å². The molecule has 4 heteroatoms. The van der Waals surface area contributed by atoms with E-state index in [2.05, 4.69) is 83.0 Å². The SMILES string of the molecule is c1ccc(N=NC(c2ccccc2)(c2ccccc2)c2ccccc2)cc1.c1ccc(N=NC(c2ccccc2)(c2ccccc2)c2ccccc2)cc1. The molecule has 4 nitrogen and oxygen atoms in total. The number of hydrogen-bond acceptors (Lipinski definition) is 4. The van der Waals surface area contributed by atoms with Crippen LogP contribution in [0, 0.1) is 0 Å². The third-order valence-electron chi connectivity index (χ3n) is 9.29. The molecule has 0 heterocycles. The third-order valence-corrected chi connectivity index (χ3v) is 9.29. The summed E-state index contributed by atoms with van der Waals surface area (Å²) in [6.45, 7) is 0. The van der Waals surface area contributed by atoms with Crippen LogP contribution in [0.15, 0.2) is 263 Å². The Hall–Kier alpha value is -7.04. The Morgan fingerprint density at radius 2 is 0.370 bits per heavy atom. The second-order valence-corrected chi connectivity index (χ2v) is 12.7. The second-order valence-electron chi connectivity index (χ2n) is 12.7. The maximum absolute atomic E-state index is 4.96. The molecule has 0 N–H and O–H groups in total. The van der Waals surface area contributed by atoms with Gasteiger partial charge >= 0.3 is 0 Å². The smallest absolute Gasteiger partial charge is 0.157 e. The van der Waals surface area contributed by atoms with Crippen LogP contribution in [0.5, 0.6) is 0 Å². The number of hydrogen-bond donors (Lipinski definition) is 0. The van der Waals surface area contributed by atoms with Crippen LogP contribution in [-0.4, -0.2) is 0 Å². The van der Waals surface area contributed by atoms with E-state index in [4.69, 9.17) is 10.2 Å². The third kappa shape index (κ3) is 7.89. The molecule has 0 aliphatic rings. The van der Waals surface area contributed by atoms with Crippen LogP contribution in [0.3, 0.4) is 0 Å². The summed E-state index contributed by atoms with van der Waals surface area (Å²) in [6, 6.07) is 81.9. The summed E-state index contributed by atoms with van der Waals surface area (Å²) in [7, 11) is 0. The molecule has 0 amide bonds. The molecular weight excluding hydrogens is 657 g/mol. The normalized spacial score (nSPS) is 11.6. The van der Waals surface area contributed by atoms with Gasteiger partial charge in [-0.05, 0) is 57.6 Å². The summed E-state index contributed by atoms with van der Waals surface area (Å²) < 4.78 is 0. The van der Waals surface area contributed by atoms with Gasteiger partial charge in [0, 0.05) is 0 Å². The molecule has 8 aromatic carbocycles. The van der Waals surface area contributed by atoms with Crippen LogP contribution in [0.4, 0.5) is 11.4 Å². The molecule has 0 spiro atoms. The maximum Gasteiger partial charge on any atom is 0.157 e. The van der Waals surface area contributed by atoms with E-state index in [1.807, 2.05) is 170 Å². The molecule has 54 heavy (non-hydrogen) atoms. The van der Waals surface area contributed by atoms with E-state index in [0.717, 1.165) is 44.8 Å². The van der Waals surface area contributed by atoms with Gasteiger partial charge in [0.05, 0.1) is 11.4 Å². The van der Waals surface area contributed by atoms with E-state index in [-0.39, 0.29) is 0 Å². The van der Waals surface area contributed by atoms with E-state index in [9.17, 15) is 0 Å². The predicted octanol–water partition coefficient (Wildman–Crippen LogP) is 13.5. The lowest BCUT2D eigenvalue weighted by Crippen LogP contribution is -2.26. The zero-order valence-corrected chi connectivity index (χ0v) is 29.9. The van der Waals surface area contributed by atoms with E-state index in [1.165, 1.54) is 0 Å². The van der Waals surface area contributed by atoms with Gasteiger partial charge in [0.25, 0.3) is 0 Å². The van der Waals surface area contributed by atoms with Crippen molar-refractivity contribution in [2.75, 3.05) is 0 Å². The van der Waals surface area contributed by atoms with Crippen molar-refractivity contribution in [3.8, 4) is 0 Å². The van der Waals surface area contributed by atoms with Crippen molar-refractivity contribution in [2.24, 2.45) is 20.5 Å². The Kier molecular flexibility index (Phi) is 11.4. The van der Waals surface area contributed by atoms with Crippen molar-refractivity contribution in [3.05, 3.63) is 276 Å². The van der Waals surface area contributed by atoms with Gasteiger partial charge in [0.1, 0.15) is 0 Å². The molecule has 0 aliphatic heterocycles. The average molecular weight is 697 g/mol. The fourth-order valence-electron chi connectivity index (χ4n) is 6.68. The summed E-state index contributed by atoms with van der Waals surface area (Å²) in [4.78, 5) is 0. The van der Waals surface area contributed by atoms with Gasteiger partial charge in [-0.25, -0.2) is 0 Å². The van der Waals surface area contributed by atoms with E-state index < -0.39 is 11.1 Å². The Labute approximate surface area is 317 Å². The predicted molar refractivity (Wildman–Crippen MR) is 220 cm³/mol. The highest BCUT2D eigenvalue weighted by atomic mass is 15.2. The first-order valence-corrected chi connectivity index (χ1v) is 18.1. The molecule has 0 unspecified atom stereocenters. The van der Waals surface area contributed by atoms with E-state index in [1.54, 1.807) is 0 Å². The minimum absolute atomic E-state index is 0.709. The maximum atomic E-state index is 4.96. The lowest BCUT2D eigenvalue weighted by molar-refractivity contribution is 0.618. The summed E-state index contributed by atoms with van der Waals surface area (Å²) >= 11 is 0. The van der Waals surface area contributed by atoms with Crippen LogP contribution < -0.4 is 0 Å². The molecule has 0 fully saturated rings. The molecule has 0 aliphatic carbocycles. The molecule has 0 bridgehead atoms. The average Bonchev–Trinajstić information content (AvgIpc) is 3.27. The Morgan fingerprint density at radius 3 is 0.556 bits per heavy atom. The molecule has 260 valence electrons. The first kappa shape index (κ1) is 35.4. The monoisotopic (exact) mass is 696 g/mol. The second kappa shape index (κ2) is 17.5. The van der Waals surface area contributed by atoms with E-state index >= 15 is 0 Å². The van der Waals surface area contributed by atoms with Crippen LogP contribution in [0.2, 0.25) is 0 Å². The minimum atomic E-state index is -0.709. The van der Waals surface area contributed by atoms with Crippen molar-refractivity contribution in [1.29, 1.82) is 0 Å². The summed E-state index contributed by atoms with van der Waals surface area (Å²) in [6.07, 6.45) is 0. The lowest BCUT2D eigenvalue weighted by atomic mass is 9.78. The van der Waals surface area contributed by atoms with Crippen molar-refractivity contribution in [1.82, 2.24) is 0 Å². The molecular formula is C50H40N4. The Morgan fingerprint density at radius 1 is 0.204 bits per heavy atom. The number of azo groups is 2. The van der Waals surface area contributed by atoms with Gasteiger partial charge in [-0.2, -0.15) is 20.5 Å². The largest absolute Gasteiger partial charge is 0.167 e. The lowest BCUT2D eigenvalue weighted by Gasteiger charge is -2.30. The van der Waals surface area contributed by atoms with Gasteiger partial charge in [-0.15, -0.1) is 0 Å². The van der Waals surface area contributed by atoms with Crippen molar-refractivity contribution in [3.63, 3.8) is 0 Å². The number of nitrogens with zero attached hydrogens (tertiary/aromatic N) is 4. The highest BCUT2D eigenvalue weighted by Crippen LogP contribution is 2.43. The summed E-state index contributed by atoms with van der Waals surface area (Å²) in [5.74, 6) is 0. The van der Waals surface area contributed by atoms with Gasteiger partial charge < -0.3 is 0 Å². The zero-order valence-electron chi connectivity index (χ0n) is 29.9. The Balaban J connectivity index is 0.000000167. The Bertz CT molecular complexity index is 1970. The van der Waals surface area contributed by atoms with E-state index in [0.29, 0.717) is 0 Å². The zero-order chi connectivity index (χ0) is 36.7. The van der Waals surface area contributed by atoms with Crippen LogP contribution in [0.25, 0.3) is 0 Å². The number of benzene rings is 8. The quantitative estimate of drug-likeness (QED) is 0.101. The van der Waals surface area contributed by atoms with Crippen LogP contribution in [0.1, 0.15) is 33.4 Å². The molecule has 0 radical (unpaired) electrons. The van der Waals surface area contributed by atoms with Crippen LogP contribution in [-0.2, 0) is 11.1 Å².